The van der Waals surface area contributed by atoms with Crippen LogP contribution in [0, 0.1) is 0 Å². The van der Waals surface area contributed by atoms with Crippen LogP contribution in [0.1, 0.15) is 22.8 Å². The first-order valence-electron chi connectivity index (χ1n) is 9.79. The maximum atomic E-state index is 12.7. The summed E-state index contributed by atoms with van der Waals surface area (Å²) >= 11 is 0. The van der Waals surface area contributed by atoms with Crippen molar-refractivity contribution in [2.45, 2.75) is 11.8 Å². The van der Waals surface area contributed by atoms with Gasteiger partial charge >= 0.3 is 0 Å². The van der Waals surface area contributed by atoms with Crippen molar-refractivity contribution in [2.24, 2.45) is 5.10 Å². The number of hydrazone groups is 1. The lowest BCUT2D eigenvalue weighted by Gasteiger charge is -2.09. The molecule has 0 radical (unpaired) electrons. The third-order valence-corrected chi connectivity index (χ3v) is 6.03. The van der Waals surface area contributed by atoms with Gasteiger partial charge in [-0.25, -0.2) is 0 Å². The minimum Gasteiger partial charge on any atom is -0.322 e. The molecule has 2 N–H and O–H groups in total. The van der Waals surface area contributed by atoms with Crippen LogP contribution in [0.4, 0.5) is 5.69 Å². The molecule has 3 aromatic carbocycles. The van der Waals surface area contributed by atoms with Gasteiger partial charge in [-0.2, -0.15) is 18.4 Å². The Morgan fingerprint density at radius 3 is 2.44 bits per heavy atom. The van der Waals surface area contributed by atoms with E-state index in [0.717, 1.165) is 10.8 Å². The monoisotopic (exact) mass is 444 g/mol. The van der Waals surface area contributed by atoms with Crippen LogP contribution in [-0.4, -0.2) is 25.0 Å². The number of benzene rings is 3. The van der Waals surface area contributed by atoms with Crippen LogP contribution in [0.15, 0.2) is 101 Å². The lowest BCUT2D eigenvalue weighted by atomic mass is 10.1. The number of carbonyl (C=O) groups is 1. The Kier molecular flexibility index (Phi) is 5.96. The molecule has 1 aromatic heterocycles. The third-order valence-electron chi connectivity index (χ3n) is 4.83. The van der Waals surface area contributed by atoms with Crippen LogP contribution in [0.2, 0.25) is 0 Å². The van der Waals surface area contributed by atoms with Crippen molar-refractivity contribution in [3.63, 3.8) is 0 Å². The molecule has 0 aliphatic heterocycles. The topological polar surface area (TPSA) is 101 Å². The molecule has 4 rings (SSSR count). The second-order valence-electron chi connectivity index (χ2n) is 7.08. The van der Waals surface area contributed by atoms with E-state index < -0.39 is 10.0 Å². The zero-order chi connectivity index (χ0) is 22.6. The number of nitrogens with one attached hydrogen (secondary N) is 2. The zero-order valence-electron chi connectivity index (χ0n) is 17.2. The largest absolute Gasteiger partial charge is 0.322 e. The second-order valence-corrected chi connectivity index (χ2v) is 8.74. The molecule has 1 amide bonds. The molecule has 0 saturated heterocycles. The highest BCUT2D eigenvalue weighted by Gasteiger charge is 2.14. The highest BCUT2D eigenvalue weighted by molar-refractivity contribution is 7.89. The number of anilines is 1. The van der Waals surface area contributed by atoms with Crippen molar-refractivity contribution >= 4 is 38.1 Å². The number of rotatable bonds is 6. The summed E-state index contributed by atoms with van der Waals surface area (Å²) in [4.78, 5) is 18.7. The SMILES string of the molecule is C/C(=N\NS(=O)(=O)c1ccc2ccccc2c1)c1cccc(NC(=O)c2cccnc2)c1. The zero-order valence-corrected chi connectivity index (χ0v) is 18.0. The number of sulfonamides is 1. The number of amides is 1. The summed E-state index contributed by atoms with van der Waals surface area (Å²) in [7, 11) is -3.83. The number of hydrogen-bond donors (Lipinski definition) is 2. The van der Waals surface area contributed by atoms with Gasteiger partial charge in [-0.15, -0.1) is 0 Å². The molecular weight excluding hydrogens is 424 g/mol. The number of fused-ring (bicyclic) bond motifs is 1. The van der Waals surface area contributed by atoms with Gasteiger partial charge in [-0.3, -0.25) is 9.78 Å². The molecule has 160 valence electrons. The molecule has 4 aromatic rings. The summed E-state index contributed by atoms with van der Waals surface area (Å²) in [6, 6.07) is 22.8. The molecule has 7 nitrogen and oxygen atoms in total. The first-order chi connectivity index (χ1) is 15.4. The summed E-state index contributed by atoms with van der Waals surface area (Å²) in [5, 5.41) is 8.63. The molecule has 0 fully saturated rings. The number of aromatic nitrogens is 1. The van der Waals surface area contributed by atoms with Crippen molar-refractivity contribution in [3.8, 4) is 0 Å². The average molecular weight is 445 g/mol. The van der Waals surface area contributed by atoms with E-state index in [-0.39, 0.29) is 10.8 Å². The number of pyridine rings is 1. The molecule has 0 atom stereocenters. The molecule has 0 bridgehead atoms. The minimum absolute atomic E-state index is 0.130. The average Bonchev–Trinajstić information content (AvgIpc) is 2.83. The van der Waals surface area contributed by atoms with Crippen LogP contribution in [0.25, 0.3) is 10.8 Å². The van der Waals surface area contributed by atoms with Crippen molar-refractivity contribution in [2.75, 3.05) is 5.32 Å². The maximum absolute atomic E-state index is 12.7. The summed E-state index contributed by atoms with van der Waals surface area (Å²) in [6.45, 7) is 1.69. The molecule has 1 heterocycles. The van der Waals surface area contributed by atoms with E-state index in [1.54, 1.807) is 67.7 Å². The van der Waals surface area contributed by atoms with Gasteiger partial charge in [0.1, 0.15) is 0 Å². The van der Waals surface area contributed by atoms with Crippen molar-refractivity contribution in [3.05, 3.63) is 102 Å². The van der Waals surface area contributed by atoms with Crippen molar-refractivity contribution < 1.29 is 13.2 Å². The third kappa shape index (κ3) is 4.81. The highest BCUT2D eigenvalue weighted by Crippen LogP contribution is 2.19. The molecule has 0 aliphatic carbocycles. The van der Waals surface area contributed by atoms with Gasteiger partial charge in [0, 0.05) is 18.1 Å². The first kappa shape index (κ1) is 21.2. The number of hydrogen-bond acceptors (Lipinski definition) is 5. The molecule has 8 heteroatoms. The molecule has 32 heavy (non-hydrogen) atoms. The predicted molar refractivity (Wildman–Crippen MR) is 125 cm³/mol. The van der Waals surface area contributed by atoms with E-state index in [9.17, 15) is 13.2 Å². The molecular formula is C24H20N4O3S. The van der Waals surface area contributed by atoms with Gasteiger partial charge in [0.2, 0.25) is 0 Å². The van der Waals surface area contributed by atoms with Gasteiger partial charge in [0.05, 0.1) is 16.2 Å². The highest BCUT2D eigenvalue weighted by atomic mass is 32.2. The first-order valence-corrected chi connectivity index (χ1v) is 11.3. The van der Waals surface area contributed by atoms with Crippen molar-refractivity contribution in [1.82, 2.24) is 9.82 Å². The van der Waals surface area contributed by atoms with Crippen LogP contribution in [0.5, 0.6) is 0 Å². The predicted octanol–water partition coefficient (Wildman–Crippen LogP) is 4.19. The summed E-state index contributed by atoms with van der Waals surface area (Å²) < 4.78 is 25.4. The fourth-order valence-corrected chi connectivity index (χ4v) is 3.99. The number of nitrogens with zero attached hydrogens (tertiary/aromatic N) is 2. The quantitative estimate of drug-likeness (QED) is 0.344. The molecule has 0 aliphatic rings. The Hall–Kier alpha value is -4.04. The van der Waals surface area contributed by atoms with Gasteiger partial charge in [0.15, 0.2) is 0 Å². The summed E-state index contributed by atoms with van der Waals surface area (Å²) in [6.07, 6.45) is 3.07. The Balaban J connectivity index is 1.51. The van der Waals surface area contributed by atoms with Crippen LogP contribution in [-0.2, 0) is 10.0 Å². The van der Waals surface area contributed by atoms with Crippen LogP contribution in [0.3, 0.4) is 0 Å². The molecule has 0 spiro atoms. The molecule has 0 saturated carbocycles. The Morgan fingerprint density at radius 2 is 1.66 bits per heavy atom. The second kappa shape index (κ2) is 8.99. The van der Waals surface area contributed by atoms with E-state index in [4.69, 9.17) is 0 Å². The van der Waals surface area contributed by atoms with E-state index in [1.807, 2.05) is 24.3 Å². The van der Waals surface area contributed by atoms with E-state index in [0.29, 0.717) is 22.5 Å². The van der Waals surface area contributed by atoms with Gasteiger partial charge in [0.25, 0.3) is 15.9 Å². The van der Waals surface area contributed by atoms with E-state index >= 15 is 0 Å². The fourth-order valence-electron chi connectivity index (χ4n) is 3.10. The van der Waals surface area contributed by atoms with Crippen LogP contribution >= 0.6 is 0 Å². The van der Waals surface area contributed by atoms with Gasteiger partial charge < -0.3 is 5.32 Å². The summed E-state index contributed by atoms with van der Waals surface area (Å²) in [5.74, 6) is -0.290. The lowest BCUT2D eigenvalue weighted by Crippen LogP contribution is -2.20. The standard InChI is InChI=1S/C24H20N4O3S/c1-17(19-8-4-10-22(14-19)26-24(29)21-9-5-13-25-16-21)27-28-32(30,31)23-12-11-18-6-2-3-7-20(18)15-23/h2-16,28H,1H3,(H,26,29)/b27-17+. The van der Waals surface area contributed by atoms with Gasteiger partial charge in [-0.05, 0) is 59.7 Å². The Morgan fingerprint density at radius 1 is 0.875 bits per heavy atom. The lowest BCUT2D eigenvalue weighted by molar-refractivity contribution is 0.102. The fraction of sp³-hybridized carbons (Fsp3) is 0.0417. The molecule has 0 unspecified atom stereocenters. The Bertz CT molecular complexity index is 1420. The smallest absolute Gasteiger partial charge is 0.276 e. The summed E-state index contributed by atoms with van der Waals surface area (Å²) in [5.41, 5.74) is 2.11. The normalized spacial score (nSPS) is 11.8. The minimum atomic E-state index is -3.83. The van der Waals surface area contributed by atoms with E-state index in [2.05, 4.69) is 20.2 Å². The van der Waals surface area contributed by atoms with Crippen LogP contribution < -0.4 is 10.1 Å². The van der Waals surface area contributed by atoms with Gasteiger partial charge in [-0.1, -0.05) is 42.5 Å². The maximum Gasteiger partial charge on any atom is 0.276 e. The Labute approximate surface area is 185 Å². The number of carbonyl (C=O) groups excluding carboxylic acids is 1. The van der Waals surface area contributed by atoms with Crippen molar-refractivity contribution in [1.29, 1.82) is 0 Å². The van der Waals surface area contributed by atoms with E-state index in [1.165, 1.54) is 6.20 Å².